The van der Waals surface area contributed by atoms with Gasteiger partial charge in [-0.1, -0.05) is 328 Å². The number of rotatable bonds is 6. The average molecular weight is 1070 g/mol. The van der Waals surface area contributed by atoms with Crippen LogP contribution in [0.1, 0.15) is 0 Å². The predicted octanol–water partition coefficient (Wildman–Crippen LogP) is 13.8. The van der Waals surface area contributed by atoms with Crippen molar-refractivity contribution >= 4 is 34.7 Å². The van der Waals surface area contributed by atoms with Crippen molar-refractivity contribution in [2.45, 2.75) is 0 Å². The topological polar surface area (TPSA) is 138 Å². The Morgan fingerprint density at radius 2 is 0.200 bits per heavy atom. The van der Waals surface area contributed by atoms with Gasteiger partial charge in [0.05, 0.1) is 0 Å². The van der Waals surface area contributed by atoms with E-state index < -0.39 is 0 Å². The first-order valence-electron chi connectivity index (χ1n) is 25.1. The summed E-state index contributed by atoms with van der Waals surface area (Å²) in [4.78, 5) is 0. The maximum Gasteiger partial charge on any atom is 3.00 e. The van der Waals surface area contributed by atoms with E-state index >= 15 is 0 Å². The quantitative estimate of drug-likeness (QED) is 0.152. The van der Waals surface area contributed by atoms with E-state index in [1.54, 1.807) is 72.8 Å². The Kier molecular flexibility index (Phi) is 25.8. The maximum atomic E-state index is 10.9. The zero-order valence-corrected chi connectivity index (χ0v) is 46.1. The van der Waals surface area contributed by atoms with Gasteiger partial charge in [-0.05, 0) is 66.8 Å². The summed E-state index contributed by atoms with van der Waals surface area (Å²) in [5.41, 5.74) is 13.3. The average Bonchev–Trinajstić information content (AvgIpc) is 3.51. The van der Waals surface area contributed by atoms with E-state index in [1.165, 1.54) is 0 Å². The third-order valence-electron chi connectivity index (χ3n) is 11.8. The molecule has 6 nitrogen and oxygen atoms in total. The van der Waals surface area contributed by atoms with Gasteiger partial charge >= 0.3 is 34.7 Å². The normalized spacial score (nSPS) is 9.60. The van der Waals surface area contributed by atoms with Crippen LogP contribution in [-0.4, -0.2) is 34.7 Å². The van der Waals surface area contributed by atoms with E-state index in [4.69, 9.17) is 0 Å². The van der Waals surface area contributed by atoms with Crippen molar-refractivity contribution in [2.24, 2.45) is 0 Å². The van der Waals surface area contributed by atoms with Gasteiger partial charge in [-0.25, -0.2) is 0 Å². The molecule has 384 valence electrons. The molecule has 12 rings (SSSR count). The fraction of sp³-hybridized carbons (Fsp3) is 0. The van der Waals surface area contributed by atoms with Crippen molar-refractivity contribution in [1.82, 2.24) is 0 Å². The van der Waals surface area contributed by atoms with Crippen LogP contribution in [0.3, 0.4) is 0 Å². The van der Waals surface area contributed by atoms with E-state index in [2.05, 4.69) is 0 Å². The first-order valence-corrected chi connectivity index (χ1v) is 25.1. The summed E-state index contributed by atoms with van der Waals surface area (Å²) < 4.78 is 0. The Labute approximate surface area is 491 Å². The Hall–Kier alpha value is -9.50. The van der Waals surface area contributed by atoms with Crippen LogP contribution >= 0.6 is 0 Å². The van der Waals surface area contributed by atoms with Crippen molar-refractivity contribution in [3.63, 3.8) is 0 Å². The SMILES string of the molecule is [Al+3].[Al+3].[O-]c1ccc(-c2ccccc2)cc1.[O-]c1ccc(-c2ccccc2)cc1.[O-]c1ccc(-c2ccccc2)cc1.[O-]c1ccc(-c2ccccc2)cc1.[O-]c1ccc(-c2ccccc2)cc1.[O-]c1ccc(-c2ccccc2)cc1. The van der Waals surface area contributed by atoms with E-state index in [0.717, 1.165) is 66.8 Å². The number of benzene rings is 12. The molecule has 0 aliphatic carbocycles. The summed E-state index contributed by atoms with van der Waals surface area (Å²) in [6.07, 6.45) is 0. The first kappa shape index (κ1) is 61.4. The molecule has 0 radical (unpaired) electrons. The molecular weight excluding hydrogens is 1010 g/mol. The molecule has 0 saturated carbocycles. The van der Waals surface area contributed by atoms with Gasteiger partial charge < -0.3 is 30.6 Å². The fourth-order valence-electron chi connectivity index (χ4n) is 7.67. The van der Waals surface area contributed by atoms with Crippen molar-refractivity contribution < 1.29 is 30.6 Å². The summed E-state index contributed by atoms with van der Waals surface area (Å²) >= 11 is 0. The van der Waals surface area contributed by atoms with Gasteiger partial charge in [0.1, 0.15) is 0 Å². The third-order valence-corrected chi connectivity index (χ3v) is 11.8. The van der Waals surface area contributed by atoms with Crippen LogP contribution in [0, 0.1) is 0 Å². The molecule has 0 saturated heterocycles. The van der Waals surface area contributed by atoms with Gasteiger partial charge in [0.2, 0.25) is 0 Å². The molecule has 0 unspecified atom stereocenters. The molecule has 0 aliphatic heterocycles. The van der Waals surface area contributed by atoms with Gasteiger partial charge in [-0.2, -0.15) is 0 Å². The largest absolute Gasteiger partial charge is 3.00 e. The van der Waals surface area contributed by atoms with E-state index in [1.807, 2.05) is 255 Å². The summed E-state index contributed by atoms with van der Waals surface area (Å²) in [7, 11) is 0. The summed E-state index contributed by atoms with van der Waals surface area (Å²) in [6, 6.07) is 101. The molecule has 12 aromatic rings. The second-order valence-electron chi connectivity index (χ2n) is 17.3. The van der Waals surface area contributed by atoms with Crippen LogP contribution in [-0.2, 0) is 0 Å². The fourth-order valence-corrected chi connectivity index (χ4v) is 7.67. The molecule has 0 aliphatic rings. The van der Waals surface area contributed by atoms with Gasteiger partial charge in [-0.3, -0.25) is 0 Å². The minimum absolute atomic E-state index is 0. The second kappa shape index (κ2) is 33.6. The molecule has 12 aromatic carbocycles. The van der Waals surface area contributed by atoms with Crippen molar-refractivity contribution in [1.29, 1.82) is 0 Å². The standard InChI is InChI=1S/6C12H10O.2Al/c6*13-12-8-6-11(7-9-12)10-4-2-1-3-5-10;;/h6*1-9,13H;;/q;;;;;;2*+3/p-6. The predicted molar refractivity (Wildman–Crippen MR) is 319 cm³/mol. The Balaban J connectivity index is 0.000000176. The molecule has 0 amide bonds. The molecule has 80 heavy (non-hydrogen) atoms. The molecule has 0 atom stereocenters. The Bertz CT molecular complexity index is 2900. The van der Waals surface area contributed by atoms with Crippen LogP contribution < -0.4 is 30.6 Å². The van der Waals surface area contributed by atoms with Crippen LogP contribution in [0.15, 0.2) is 328 Å². The van der Waals surface area contributed by atoms with E-state index in [0.29, 0.717) is 0 Å². The summed E-state index contributed by atoms with van der Waals surface area (Å²) in [6.45, 7) is 0. The Morgan fingerprint density at radius 3 is 0.300 bits per heavy atom. The molecule has 0 N–H and O–H groups in total. The van der Waals surface area contributed by atoms with Gasteiger partial charge in [0.25, 0.3) is 0 Å². The van der Waals surface area contributed by atoms with Crippen molar-refractivity contribution in [3.8, 4) is 101 Å². The monoisotopic (exact) mass is 1070 g/mol. The smallest absolute Gasteiger partial charge is 0.872 e. The third kappa shape index (κ3) is 20.8. The van der Waals surface area contributed by atoms with Crippen LogP contribution in [0.5, 0.6) is 34.5 Å². The number of hydrogen-bond acceptors (Lipinski definition) is 6. The van der Waals surface area contributed by atoms with Crippen LogP contribution in [0.2, 0.25) is 0 Å². The van der Waals surface area contributed by atoms with Gasteiger partial charge in [0.15, 0.2) is 0 Å². The zero-order valence-electron chi connectivity index (χ0n) is 43.8. The van der Waals surface area contributed by atoms with Crippen molar-refractivity contribution in [3.05, 3.63) is 328 Å². The molecule has 0 bridgehead atoms. The molecule has 0 aromatic heterocycles. The second-order valence-corrected chi connectivity index (χ2v) is 17.3. The maximum absolute atomic E-state index is 10.9. The molecule has 0 heterocycles. The molecular formula is C72H54Al2O6. The van der Waals surface area contributed by atoms with Crippen molar-refractivity contribution in [2.75, 3.05) is 0 Å². The zero-order chi connectivity index (χ0) is 54.6. The number of hydrogen-bond donors (Lipinski definition) is 0. The Morgan fingerprint density at radius 1 is 0.113 bits per heavy atom. The molecule has 8 heteroatoms. The van der Waals surface area contributed by atoms with E-state index in [-0.39, 0.29) is 69.2 Å². The minimum atomic E-state index is 0. The van der Waals surface area contributed by atoms with Crippen LogP contribution in [0.4, 0.5) is 0 Å². The summed E-state index contributed by atoms with van der Waals surface area (Å²) in [5.74, 6) is 0.332. The minimum Gasteiger partial charge on any atom is -0.872 e. The molecule has 0 fully saturated rings. The first-order chi connectivity index (χ1) is 38.2. The van der Waals surface area contributed by atoms with E-state index in [9.17, 15) is 30.6 Å². The van der Waals surface area contributed by atoms with Crippen LogP contribution in [0.25, 0.3) is 66.8 Å². The molecule has 0 spiro atoms. The summed E-state index contributed by atoms with van der Waals surface area (Å²) in [5, 5.41) is 65.1. The van der Waals surface area contributed by atoms with Gasteiger partial charge in [-0.15, -0.1) is 34.5 Å². The van der Waals surface area contributed by atoms with Gasteiger partial charge in [0, 0.05) is 0 Å².